The average Bonchev–Trinajstić information content (AvgIpc) is 3.29. The van der Waals surface area contributed by atoms with Crippen LogP contribution in [0.1, 0.15) is 56.6 Å². The van der Waals surface area contributed by atoms with Gasteiger partial charge < -0.3 is 20.5 Å². The van der Waals surface area contributed by atoms with Gasteiger partial charge in [-0.1, -0.05) is 68.8 Å². The maximum atomic E-state index is 13.1. The van der Waals surface area contributed by atoms with Crippen molar-refractivity contribution in [3.05, 3.63) is 59.7 Å². The Morgan fingerprint density at radius 2 is 1.69 bits per heavy atom. The van der Waals surface area contributed by atoms with Gasteiger partial charge in [0.2, 0.25) is 5.91 Å². The molecule has 7 heteroatoms. The lowest BCUT2D eigenvalue weighted by Crippen LogP contribution is -2.52. The zero-order valence-electron chi connectivity index (χ0n) is 20.1. The maximum absolute atomic E-state index is 13.1. The summed E-state index contributed by atoms with van der Waals surface area (Å²) in [5.74, 6) is -1.06. The second-order valence-corrected chi connectivity index (χ2v) is 10.3. The minimum Gasteiger partial charge on any atom is -0.481 e. The SMILES string of the molecule is CCC(C)[C@H](NC(=O)OCC1c2ccccc2-c2ccccc21)C(=O)NC1CC2CC2(C(=O)O)C1. The van der Waals surface area contributed by atoms with E-state index in [1.165, 1.54) is 0 Å². The minimum absolute atomic E-state index is 0.0542. The number of rotatable bonds is 8. The summed E-state index contributed by atoms with van der Waals surface area (Å²) in [4.78, 5) is 37.5. The fourth-order valence-electron chi connectivity index (χ4n) is 6.03. The summed E-state index contributed by atoms with van der Waals surface area (Å²) in [6, 6.07) is 15.4. The van der Waals surface area contributed by atoms with E-state index in [0.29, 0.717) is 25.7 Å². The first-order valence-corrected chi connectivity index (χ1v) is 12.5. The molecule has 0 saturated heterocycles. The number of alkyl carbamates (subject to hydrolysis) is 1. The molecule has 3 N–H and O–H groups in total. The first kappa shape index (κ1) is 23.4. The Morgan fingerprint density at radius 1 is 1.06 bits per heavy atom. The molecule has 0 aliphatic heterocycles. The van der Waals surface area contributed by atoms with Crippen LogP contribution in [0.15, 0.2) is 48.5 Å². The zero-order chi connectivity index (χ0) is 24.7. The molecule has 2 amide bonds. The predicted octanol–water partition coefficient (Wildman–Crippen LogP) is 4.31. The van der Waals surface area contributed by atoms with Crippen LogP contribution in [0.3, 0.4) is 0 Å². The Bertz CT molecular complexity index is 1120. The summed E-state index contributed by atoms with van der Waals surface area (Å²) in [7, 11) is 0. The third-order valence-electron chi connectivity index (χ3n) is 8.30. The number of carboxylic acids is 1. The summed E-state index contributed by atoms with van der Waals surface area (Å²) < 4.78 is 5.65. The Balaban J connectivity index is 1.21. The lowest BCUT2D eigenvalue weighted by molar-refractivity contribution is -0.143. The molecule has 2 saturated carbocycles. The van der Waals surface area contributed by atoms with E-state index in [-0.39, 0.29) is 36.3 Å². The van der Waals surface area contributed by atoms with Crippen molar-refractivity contribution >= 4 is 18.0 Å². The number of carboxylic acid groups (broad SMARTS) is 1. The van der Waals surface area contributed by atoms with Crippen LogP contribution in [0.5, 0.6) is 0 Å². The summed E-state index contributed by atoms with van der Waals surface area (Å²) in [6.45, 7) is 4.06. The topological polar surface area (TPSA) is 105 Å². The molecule has 5 rings (SSSR count). The van der Waals surface area contributed by atoms with Gasteiger partial charge in [-0.2, -0.15) is 0 Å². The standard InChI is InChI=1S/C28H32N2O5/c1-3-16(2)24(25(31)29-18-12-17-13-28(17,14-18)26(32)33)30-27(34)35-15-23-21-10-6-4-8-19(21)20-9-5-7-11-22(20)23/h4-11,16-18,23-24H,3,12-15H2,1-2H3,(H,29,31)(H,30,34)(H,32,33)/t16?,17?,18?,24-,28?/m0/s1. The molecule has 2 fully saturated rings. The van der Waals surface area contributed by atoms with Crippen LogP contribution >= 0.6 is 0 Å². The molecule has 35 heavy (non-hydrogen) atoms. The number of nitrogens with one attached hydrogen (secondary N) is 2. The molecule has 4 unspecified atom stereocenters. The number of benzene rings is 2. The largest absolute Gasteiger partial charge is 0.481 e. The Kier molecular flexibility index (Phi) is 6.03. The lowest BCUT2D eigenvalue weighted by atomic mass is 9.97. The zero-order valence-corrected chi connectivity index (χ0v) is 20.1. The van der Waals surface area contributed by atoms with Gasteiger partial charge in [0.25, 0.3) is 0 Å². The predicted molar refractivity (Wildman–Crippen MR) is 131 cm³/mol. The summed E-state index contributed by atoms with van der Waals surface area (Å²) in [6.07, 6.45) is 1.91. The van der Waals surface area contributed by atoms with Crippen molar-refractivity contribution < 1.29 is 24.2 Å². The van der Waals surface area contributed by atoms with Gasteiger partial charge in [0.1, 0.15) is 12.6 Å². The second kappa shape index (κ2) is 9.02. The molecule has 184 valence electrons. The highest BCUT2D eigenvalue weighted by Gasteiger charge is 2.65. The van der Waals surface area contributed by atoms with Gasteiger partial charge in [0, 0.05) is 12.0 Å². The Labute approximate surface area is 205 Å². The summed E-state index contributed by atoms with van der Waals surface area (Å²) >= 11 is 0. The first-order valence-electron chi connectivity index (χ1n) is 12.5. The van der Waals surface area contributed by atoms with Crippen molar-refractivity contribution in [2.75, 3.05) is 6.61 Å². The van der Waals surface area contributed by atoms with Crippen LogP contribution in [-0.2, 0) is 14.3 Å². The lowest BCUT2D eigenvalue weighted by Gasteiger charge is -2.26. The number of aliphatic carboxylic acids is 1. The molecular formula is C28H32N2O5. The van der Waals surface area contributed by atoms with Crippen molar-refractivity contribution in [3.8, 4) is 11.1 Å². The molecule has 0 heterocycles. The quantitative estimate of drug-likeness (QED) is 0.527. The number of carbonyl (C=O) groups is 3. The van der Waals surface area contributed by atoms with Crippen molar-refractivity contribution in [1.82, 2.24) is 10.6 Å². The van der Waals surface area contributed by atoms with Crippen molar-refractivity contribution in [1.29, 1.82) is 0 Å². The van der Waals surface area contributed by atoms with Crippen LogP contribution in [0.4, 0.5) is 4.79 Å². The highest BCUT2D eigenvalue weighted by molar-refractivity contribution is 5.87. The number of fused-ring (bicyclic) bond motifs is 4. The number of amides is 2. The fraction of sp³-hybridized carbons (Fsp3) is 0.464. The van der Waals surface area contributed by atoms with Crippen molar-refractivity contribution in [3.63, 3.8) is 0 Å². The average molecular weight is 477 g/mol. The van der Waals surface area contributed by atoms with Gasteiger partial charge >= 0.3 is 12.1 Å². The van der Waals surface area contributed by atoms with Gasteiger partial charge in [-0.15, -0.1) is 0 Å². The van der Waals surface area contributed by atoms with Crippen LogP contribution in [0, 0.1) is 17.3 Å². The highest BCUT2D eigenvalue weighted by atomic mass is 16.5. The monoisotopic (exact) mass is 476 g/mol. The smallest absolute Gasteiger partial charge is 0.407 e. The van der Waals surface area contributed by atoms with Crippen LogP contribution < -0.4 is 10.6 Å². The van der Waals surface area contributed by atoms with E-state index in [4.69, 9.17) is 4.74 Å². The highest BCUT2D eigenvalue weighted by Crippen LogP contribution is 2.63. The molecule has 7 nitrogen and oxygen atoms in total. The van der Waals surface area contributed by atoms with E-state index < -0.39 is 23.5 Å². The molecule has 2 aromatic rings. The number of carbonyl (C=O) groups excluding carboxylic acids is 2. The third-order valence-corrected chi connectivity index (χ3v) is 8.30. The van der Waals surface area contributed by atoms with Crippen LogP contribution in [0.25, 0.3) is 11.1 Å². The maximum Gasteiger partial charge on any atom is 0.407 e. The molecule has 3 aliphatic rings. The summed E-state index contributed by atoms with van der Waals surface area (Å²) in [5, 5.41) is 15.3. The van der Waals surface area contributed by atoms with E-state index in [1.807, 2.05) is 38.1 Å². The van der Waals surface area contributed by atoms with Gasteiger partial charge in [0.15, 0.2) is 0 Å². The molecule has 0 spiro atoms. The Morgan fingerprint density at radius 3 is 2.26 bits per heavy atom. The summed E-state index contributed by atoms with van der Waals surface area (Å²) in [5.41, 5.74) is 3.91. The molecule has 0 radical (unpaired) electrons. The van der Waals surface area contributed by atoms with E-state index >= 15 is 0 Å². The van der Waals surface area contributed by atoms with Crippen molar-refractivity contribution in [2.45, 2.75) is 57.5 Å². The molecule has 5 atom stereocenters. The molecular weight excluding hydrogens is 444 g/mol. The number of hydrogen-bond donors (Lipinski definition) is 3. The second-order valence-electron chi connectivity index (χ2n) is 10.3. The minimum atomic E-state index is -0.769. The number of ether oxygens (including phenoxy) is 1. The van der Waals surface area contributed by atoms with Crippen LogP contribution in [-0.4, -0.2) is 41.8 Å². The van der Waals surface area contributed by atoms with Gasteiger partial charge in [-0.05, 0) is 53.4 Å². The number of hydrogen-bond acceptors (Lipinski definition) is 4. The fourth-order valence-corrected chi connectivity index (χ4v) is 6.03. The van der Waals surface area contributed by atoms with E-state index in [1.54, 1.807) is 0 Å². The van der Waals surface area contributed by atoms with Gasteiger partial charge in [-0.25, -0.2) is 4.79 Å². The van der Waals surface area contributed by atoms with E-state index in [2.05, 4.69) is 34.9 Å². The van der Waals surface area contributed by atoms with Gasteiger partial charge in [-0.3, -0.25) is 9.59 Å². The van der Waals surface area contributed by atoms with E-state index in [9.17, 15) is 19.5 Å². The first-order chi connectivity index (χ1) is 16.8. The van der Waals surface area contributed by atoms with Crippen molar-refractivity contribution in [2.24, 2.45) is 17.3 Å². The molecule has 3 aliphatic carbocycles. The Hall–Kier alpha value is -3.35. The molecule has 0 aromatic heterocycles. The van der Waals surface area contributed by atoms with Gasteiger partial charge in [0.05, 0.1) is 5.41 Å². The molecule has 0 bridgehead atoms. The van der Waals surface area contributed by atoms with E-state index in [0.717, 1.165) is 22.3 Å². The van der Waals surface area contributed by atoms with Crippen LogP contribution in [0.2, 0.25) is 0 Å². The molecule has 2 aromatic carbocycles. The normalized spacial score (nSPS) is 25.5. The third kappa shape index (κ3) is 4.17.